The standard InChI is InChI=1S/C19H17BrN2O2/c1-12(2)24-14-9-7-13(8-10-14)11-17-19(23)22-18(21-17)15-5-3-4-6-16(15)20/h3-12H,1-2H3,(H,21,22,23). The van der Waals surface area contributed by atoms with Crippen molar-refractivity contribution in [3.8, 4) is 5.75 Å². The Morgan fingerprint density at radius 3 is 2.50 bits per heavy atom. The number of ether oxygens (including phenoxy) is 1. The molecular weight excluding hydrogens is 368 g/mol. The number of carbonyl (C=O) groups is 1. The van der Waals surface area contributed by atoms with Crippen molar-refractivity contribution in [1.82, 2.24) is 5.32 Å². The molecular formula is C19H17BrN2O2. The summed E-state index contributed by atoms with van der Waals surface area (Å²) in [7, 11) is 0. The number of nitrogens with one attached hydrogen (secondary N) is 1. The van der Waals surface area contributed by atoms with Crippen LogP contribution in [0.1, 0.15) is 25.0 Å². The topological polar surface area (TPSA) is 50.7 Å². The summed E-state index contributed by atoms with van der Waals surface area (Å²) in [4.78, 5) is 16.6. The molecule has 0 bridgehead atoms. The van der Waals surface area contributed by atoms with Crippen LogP contribution in [0.4, 0.5) is 0 Å². The highest BCUT2D eigenvalue weighted by Crippen LogP contribution is 2.21. The first-order valence-electron chi connectivity index (χ1n) is 7.66. The lowest BCUT2D eigenvalue weighted by molar-refractivity contribution is -0.115. The minimum atomic E-state index is -0.205. The Bertz CT molecular complexity index is 824. The molecule has 0 spiro atoms. The largest absolute Gasteiger partial charge is 0.491 e. The van der Waals surface area contributed by atoms with Gasteiger partial charge in [0.1, 0.15) is 17.3 Å². The number of hydrogen-bond acceptors (Lipinski definition) is 3. The lowest BCUT2D eigenvalue weighted by Crippen LogP contribution is -2.25. The number of aliphatic imine (C=N–C) groups is 1. The highest BCUT2D eigenvalue weighted by molar-refractivity contribution is 9.10. The molecule has 5 heteroatoms. The quantitative estimate of drug-likeness (QED) is 0.804. The monoisotopic (exact) mass is 384 g/mol. The molecule has 1 amide bonds. The number of amidine groups is 1. The van der Waals surface area contributed by atoms with Gasteiger partial charge in [0, 0.05) is 10.0 Å². The van der Waals surface area contributed by atoms with Gasteiger partial charge in [-0.25, -0.2) is 4.99 Å². The molecule has 4 nitrogen and oxygen atoms in total. The van der Waals surface area contributed by atoms with E-state index in [2.05, 4.69) is 26.2 Å². The SMILES string of the molecule is CC(C)Oc1ccc(C=C2N=C(c3ccccc3Br)NC2=O)cc1. The van der Waals surface area contributed by atoms with Crippen LogP contribution < -0.4 is 10.1 Å². The normalized spacial score (nSPS) is 15.6. The van der Waals surface area contributed by atoms with Gasteiger partial charge in [-0.1, -0.05) is 46.3 Å². The summed E-state index contributed by atoms with van der Waals surface area (Å²) in [6.45, 7) is 3.97. The van der Waals surface area contributed by atoms with E-state index in [4.69, 9.17) is 4.74 Å². The Balaban J connectivity index is 1.85. The van der Waals surface area contributed by atoms with E-state index in [1.54, 1.807) is 6.08 Å². The van der Waals surface area contributed by atoms with Crippen LogP contribution in [0, 0.1) is 0 Å². The zero-order valence-electron chi connectivity index (χ0n) is 13.4. The molecule has 0 radical (unpaired) electrons. The highest BCUT2D eigenvalue weighted by Gasteiger charge is 2.22. The van der Waals surface area contributed by atoms with E-state index in [0.717, 1.165) is 21.3 Å². The number of benzene rings is 2. The first-order chi connectivity index (χ1) is 11.5. The molecule has 1 aliphatic heterocycles. The number of carbonyl (C=O) groups excluding carboxylic acids is 1. The molecule has 3 rings (SSSR count). The van der Waals surface area contributed by atoms with Gasteiger partial charge in [-0.3, -0.25) is 4.79 Å². The third-order valence-corrected chi connectivity index (χ3v) is 4.07. The van der Waals surface area contributed by atoms with Crippen molar-refractivity contribution in [3.63, 3.8) is 0 Å². The second-order valence-corrected chi connectivity index (χ2v) is 6.51. The van der Waals surface area contributed by atoms with Gasteiger partial charge in [0.25, 0.3) is 5.91 Å². The number of hydrogen-bond donors (Lipinski definition) is 1. The smallest absolute Gasteiger partial charge is 0.275 e. The number of amides is 1. The van der Waals surface area contributed by atoms with Gasteiger partial charge < -0.3 is 10.1 Å². The summed E-state index contributed by atoms with van der Waals surface area (Å²) < 4.78 is 6.50. The molecule has 0 atom stereocenters. The minimum absolute atomic E-state index is 0.131. The second kappa shape index (κ2) is 7.01. The fraction of sp³-hybridized carbons (Fsp3) is 0.158. The molecule has 1 heterocycles. The van der Waals surface area contributed by atoms with Crippen LogP contribution in [0.5, 0.6) is 5.75 Å². The fourth-order valence-corrected chi connectivity index (χ4v) is 2.79. The van der Waals surface area contributed by atoms with E-state index < -0.39 is 0 Å². The van der Waals surface area contributed by atoms with Crippen molar-refractivity contribution in [3.05, 3.63) is 69.8 Å². The van der Waals surface area contributed by atoms with Crippen molar-refractivity contribution in [2.24, 2.45) is 4.99 Å². The number of rotatable bonds is 4. The first kappa shape index (κ1) is 16.5. The van der Waals surface area contributed by atoms with Crippen LogP contribution in [0.3, 0.4) is 0 Å². The Hall–Kier alpha value is -2.40. The van der Waals surface area contributed by atoms with Crippen LogP contribution in [-0.4, -0.2) is 17.8 Å². The third kappa shape index (κ3) is 3.74. The van der Waals surface area contributed by atoms with E-state index in [1.807, 2.05) is 62.4 Å². The first-order valence-corrected chi connectivity index (χ1v) is 8.45. The van der Waals surface area contributed by atoms with Crippen molar-refractivity contribution in [1.29, 1.82) is 0 Å². The van der Waals surface area contributed by atoms with Crippen molar-refractivity contribution < 1.29 is 9.53 Å². The molecule has 0 fully saturated rings. The maximum atomic E-state index is 12.2. The minimum Gasteiger partial charge on any atom is -0.491 e. The maximum absolute atomic E-state index is 12.2. The molecule has 0 unspecified atom stereocenters. The Labute approximate surface area is 149 Å². The number of halogens is 1. The summed E-state index contributed by atoms with van der Waals surface area (Å²) in [5.74, 6) is 1.15. The van der Waals surface area contributed by atoms with E-state index in [-0.39, 0.29) is 12.0 Å². The molecule has 0 aliphatic carbocycles. The summed E-state index contributed by atoms with van der Waals surface area (Å²) in [5.41, 5.74) is 2.14. The van der Waals surface area contributed by atoms with Gasteiger partial charge in [0.05, 0.1) is 6.10 Å². The second-order valence-electron chi connectivity index (χ2n) is 5.66. The lowest BCUT2D eigenvalue weighted by atomic mass is 10.2. The van der Waals surface area contributed by atoms with Gasteiger partial charge in [0.15, 0.2) is 0 Å². The predicted molar refractivity (Wildman–Crippen MR) is 99.0 cm³/mol. The van der Waals surface area contributed by atoms with Crippen LogP contribution in [-0.2, 0) is 4.79 Å². The van der Waals surface area contributed by atoms with E-state index >= 15 is 0 Å². The lowest BCUT2D eigenvalue weighted by Gasteiger charge is -2.09. The Kier molecular flexibility index (Phi) is 4.81. The maximum Gasteiger partial charge on any atom is 0.275 e. The van der Waals surface area contributed by atoms with Gasteiger partial charge in [0.2, 0.25) is 0 Å². The predicted octanol–water partition coefficient (Wildman–Crippen LogP) is 4.15. The molecule has 1 N–H and O–H groups in total. The fourth-order valence-electron chi connectivity index (χ4n) is 2.32. The third-order valence-electron chi connectivity index (χ3n) is 3.38. The van der Waals surface area contributed by atoms with Crippen LogP contribution in [0.2, 0.25) is 0 Å². The van der Waals surface area contributed by atoms with Gasteiger partial charge in [-0.15, -0.1) is 0 Å². The summed E-state index contributed by atoms with van der Waals surface area (Å²) in [6.07, 6.45) is 1.89. The molecule has 2 aromatic carbocycles. The summed E-state index contributed by atoms with van der Waals surface area (Å²) in [5, 5.41) is 2.81. The van der Waals surface area contributed by atoms with E-state index in [0.29, 0.717) is 11.5 Å². The average molecular weight is 385 g/mol. The molecule has 122 valence electrons. The van der Waals surface area contributed by atoms with E-state index in [9.17, 15) is 4.79 Å². The molecule has 0 aromatic heterocycles. The van der Waals surface area contributed by atoms with Crippen LogP contribution in [0.25, 0.3) is 6.08 Å². The van der Waals surface area contributed by atoms with Crippen LogP contribution in [0.15, 0.2) is 63.7 Å². The summed E-state index contributed by atoms with van der Waals surface area (Å²) >= 11 is 3.47. The van der Waals surface area contributed by atoms with E-state index in [1.165, 1.54) is 0 Å². The van der Waals surface area contributed by atoms with Gasteiger partial charge in [-0.2, -0.15) is 0 Å². The molecule has 0 saturated heterocycles. The van der Waals surface area contributed by atoms with Gasteiger partial charge in [-0.05, 0) is 43.7 Å². The number of nitrogens with zero attached hydrogens (tertiary/aromatic N) is 1. The van der Waals surface area contributed by atoms with Gasteiger partial charge >= 0.3 is 0 Å². The molecule has 0 saturated carbocycles. The average Bonchev–Trinajstić information content (AvgIpc) is 2.90. The molecule has 1 aliphatic rings. The molecule has 24 heavy (non-hydrogen) atoms. The highest BCUT2D eigenvalue weighted by atomic mass is 79.9. The molecule has 2 aromatic rings. The van der Waals surface area contributed by atoms with Crippen molar-refractivity contribution >= 4 is 33.7 Å². The zero-order chi connectivity index (χ0) is 17.1. The Morgan fingerprint density at radius 2 is 1.83 bits per heavy atom. The van der Waals surface area contributed by atoms with Crippen LogP contribution >= 0.6 is 15.9 Å². The van der Waals surface area contributed by atoms with Crippen molar-refractivity contribution in [2.75, 3.05) is 0 Å². The Morgan fingerprint density at radius 1 is 1.12 bits per heavy atom. The van der Waals surface area contributed by atoms with Crippen molar-refractivity contribution in [2.45, 2.75) is 20.0 Å². The summed E-state index contributed by atoms with van der Waals surface area (Å²) in [6, 6.07) is 15.2. The zero-order valence-corrected chi connectivity index (χ0v) is 15.0.